The number of H-pyrrole nitrogens is 1. The molecule has 3 rings (SSSR count). The zero-order valence-corrected chi connectivity index (χ0v) is 12.3. The van der Waals surface area contributed by atoms with Gasteiger partial charge in [-0.1, -0.05) is 6.92 Å². The average molecular weight is 289 g/mol. The van der Waals surface area contributed by atoms with E-state index in [1.807, 2.05) is 4.90 Å². The summed E-state index contributed by atoms with van der Waals surface area (Å²) in [5.74, 6) is 0.343. The van der Waals surface area contributed by atoms with Gasteiger partial charge in [0.1, 0.15) is 11.1 Å². The highest BCUT2D eigenvalue weighted by Gasteiger charge is 2.31. The van der Waals surface area contributed by atoms with Crippen LogP contribution in [0.4, 0.5) is 0 Å². The SMILES string of the molecule is CC[C@@H]1CCCCN1C(=O)c1c(C)oc2nc[nH]c(=O)c12. The molecule has 0 spiro atoms. The molecular formula is C15H19N3O3. The van der Waals surface area contributed by atoms with Gasteiger partial charge in [0.05, 0.1) is 11.9 Å². The molecule has 0 unspecified atom stereocenters. The van der Waals surface area contributed by atoms with Crippen LogP contribution in [0.3, 0.4) is 0 Å². The smallest absolute Gasteiger partial charge is 0.262 e. The van der Waals surface area contributed by atoms with E-state index in [0.29, 0.717) is 11.3 Å². The summed E-state index contributed by atoms with van der Waals surface area (Å²) in [5.41, 5.74) is 0.259. The summed E-state index contributed by atoms with van der Waals surface area (Å²) >= 11 is 0. The van der Waals surface area contributed by atoms with Crippen LogP contribution in [0.2, 0.25) is 0 Å². The molecule has 21 heavy (non-hydrogen) atoms. The fourth-order valence-electron chi connectivity index (χ4n) is 3.15. The number of piperidine rings is 1. The lowest BCUT2D eigenvalue weighted by atomic mass is 9.98. The lowest BCUT2D eigenvalue weighted by Crippen LogP contribution is -2.43. The minimum Gasteiger partial charge on any atom is -0.442 e. The fourth-order valence-corrected chi connectivity index (χ4v) is 3.15. The van der Waals surface area contributed by atoms with Crippen molar-refractivity contribution in [3.05, 3.63) is 28.0 Å². The average Bonchev–Trinajstić information content (AvgIpc) is 2.84. The van der Waals surface area contributed by atoms with Crippen molar-refractivity contribution in [1.82, 2.24) is 14.9 Å². The molecular weight excluding hydrogens is 270 g/mol. The molecule has 0 saturated carbocycles. The molecule has 2 aromatic rings. The zero-order valence-electron chi connectivity index (χ0n) is 12.3. The highest BCUT2D eigenvalue weighted by molar-refractivity contribution is 6.06. The highest BCUT2D eigenvalue weighted by atomic mass is 16.3. The van der Waals surface area contributed by atoms with Crippen molar-refractivity contribution >= 4 is 17.0 Å². The molecule has 1 aliphatic rings. The zero-order chi connectivity index (χ0) is 15.0. The Bertz CT molecular complexity index is 731. The molecule has 112 valence electrons. The summed E-state index contributed by atoms with van der Waals surface area (Å²) in [4.78, 5) is 33.3. The number of aromatic nitrogens is 2. The number of aryl methyl sites for hydroxylation is 1. The third kappa shape index (κ3) is 2.24. The van der Waals surface area contributed by atoms with E-state index in [1.54, 1.807) is 6.92 Å². The summed E-state index contributed by atoms with van der Waals surface area (Å²) in [6.45, 7) is 4.53. The van der Waals surface area contributed by atoms with Gasteiger partial charge in [-0.2, -0.15) is 0 Å². The molecule has 3 heterocycles. The lowest BCUT2D eigenvalue weighted by molar-refractivity contribution is 0.0608. The molecule has 1 N–H and O–H groups in total. The van der Waals surface area contributed by atoms with E-state index in [2.05, 4.69) is 16.9 Å². The van der Waals surface area contributed by atoms with Crippen molar-refractivity contribution in [1.29, 1.82) is 0 Å². The minimum absolute atomic E-state index is 0.115. The maximum Gasteiger partial charge on any atom is 0.262 e. The third-order valence-corrected chi connectivity index (χ3v) is 4.24. The maximum absolute atomic E-state index is 12.9. The largest absolute Gasteiger partial charge is 0.442 e. The molecule has 6 nitrogen and oxygen atoms in total. The molecule has 0 aliphatic carbocycles. The summed E-state index contributed by atoms with van der Waals surface area (Å²) in [5, 5.41) is 0.264. The first-order valence-corrected chi connectivity index (χ1v) is 7.41. The van der Waals surface area contributed by atoms with E-state index in [0.717, 1.165) is 32.2 Å². The van der Waals surface area contributed by atoms with Crippen molar-refractivity contribution in [2.24, 2.45) is 0 Å². The Labute approximate surface area is 122 Å². The van der Waals surface area contributed by atoms with E-state index in [-0.39, 0.29) is 28.6 Å². The molecule has 1 aliphatic heterocycles. The van der Waals surface area contributed by atoms with Gasteiger partial charge < -0.3 is 14.3 Å². The highest BCUT2D eigenvalue weighted by Crippen LogP contribution is 2.26. The standard InChI is InChI=1S/C15H19N3O3/c1-3-10-6-4-5-7-18(10)15(20)11-9(2)21-14-12(11)13(19)16-8-17-14/h8,10H,3-7H2,1-2H3,(H,16,17,19)/t10-/m1/s1. The Morgan fingerprint density at radius 2 is 2.33 bits per heavy atom. The van der Waals surface area contributed by atoms with Gasteiger partial charge in [-0.15, -0.1) is 0 Å². The summed E-state index contributed by atoms with van der Waals surface area (Å²) in [6.07, 6.45) is 5.39. The Kier molecular flexibility index (Phi) is 3.53. The number of carbonyl (C=O) groups is 1. The Hall–Kier alpha value is -2.11. The molecule has 1 fully saturated rings. The second-order valence-corrected chi connectivity index (χ2v) is 5.50. The topological polar surface area (TPSA) is 79.2 Å². The molecule has 0 bridgehead atoms. The second kappa shape index (κ2) is 5.35. The van der Waals surface area contributed by atoms with Crippen LogP contribution in [-0.2, 0) is 0 Å². The third-order valence-electron chi connectivity index (χ3n) is 4.24. The normalized spacial score (nSPS) is 19.1. The Morgan fingerprint density at radius 1 is 1.52 bits per heavy atom. The maximum atomic E-state index is 12.9. The van der Waals surface area contributed by atoms with Crippen LogP contribution in [0.25, 0.3) is 11.1 Å². The van der Waals surface area contributed by atoms with Gasteiger partial charge in [0, 0.05) is 12.6 Å². The number of rotatable bonds is 2. The Balaban J connectivity index is 2.09. The number of furan rings is 1. The van der Waals surface area contributed by atoms with Gasteiger partial charge in [0.15, 0.2) is 0 Å². The lowest BCUT2D eigenvalue weighted by Gasteiger charge is -2.35. The van der Waals surface area contributed by atoms with Crippen molar-refractivity contribution in [3.8, 4) is 0 Å². The predicted octanol–water partition coefficient (Wildman–Crippen LogP) is 2.23. The molecule has 0 radical (unpaired) electrons. The second-order valence-electron chi connectivity index (χ2n) is 5.50. The van der Waals surface area contributed by atoms with E-state index < -0.39 is 0 Å². The van der Waals surface area contributed by atoms with E-state index in [4.69, 9.17) is 4.42 Å². The number of nitrogens with zero attached hydrogens (tertiary/aromatic N) is 2. The summed E-state index contributed by atoms with van der Waals surface area (Å²) in [6, 6.07) is 0.242. The van der Waals surface area contributed by atoms with Crippen LogP contribution in [0.1, 0.15) is 48.7 Å². The van der Waals surface area contributed by atoms with Gasteiger partial charge in [-0.25, -0.2) is 4.98 Å². The summed E-state index contributed by atoms with van der Waals surface area (Å²) < 4.78 is 5.48. The number of hydrogen-bond donors (Lipinski definition) is 1. The number of likely N-dealkylation sites (tertiary alicyclic amines) is 1. The van der Waals surface area contributed by atoms with Crippen molar-refractivity contribution in [2.45, 2.75) is 45.6 Å². The molecule has 1 saturated heterocycles. The van der Waals surface area contributed by atoms with Gasteiger partial charge in [-0.3, -0.25) is 9.59 Å². The first-order valence-electron chi connectivity index (χ1n) is 7.41. The van der Waals surface area contributed by atoms with E-state index in [9.17, 15) is 9.59 Å². The monoisotopic (exact) mass is 289 g/mol. The number of nitrogens with one attached hydrogen (secondary N) is 1. The van der Waals surface area contributed by atoms with E-state index >= 15 is 0 Å². The number of aromatic amines is 1. The van der Waals surface area contributed by atoms with Crippen LogP contribution < -0.4 is 5.56 Å². The summed E-state index contributed by atoms with van der Waals surface area (Å²) in [7, 11) is 0. The first-order chi connectivity index (χ1) is 10.1. The van der Waals surface area contributed by atoms with Gasteiger partial charge in [0.25, 0.3) is 11.5 Å². The number of hydrogen-bond acceptors (Lipinski definition) is 4. The van der Waals surface area contributed by atoms with Crippen molar-refractivity contribution in [2.75, 3.05) is 6.54 Å². The van der Waals surface area contributed by atoms with Crippen LogP contribution in [0, 0.1) is 6.92 Å². The fraction of sp³-hybridized carbons (Fsp3) is 0.533. The van der Waals surface area contributed by atoms with Gasteiger partial charge >= 0.3 is 0 Å². The molecule has 2 aromatic heterocycles. The van der Waals surface area contributed by atoms with Gasteiger partial charge in [0.2, 0.25) is 5.71 Å². The van der Waals surface area contributed by atoms with Crippen LogP contribution in [0.15, 0.2) is 15.5 Å². The molecule has 1 atom stereocenters. The first kappa shape index (κ1) is 13.9. The van der Waals surface area contributed by atoms with Crippen LogP contribution in [0.5, 0.6) is 0 Å². The predicted molar refractivity (Wildman–Crippen MR) is 78.3 cm³/mol. The minimum atomic E-state index is -0.328. The molecule has 1 amide bonds. The van der Waals surface area contributed by atoms with Crippen LogP contribution >= 0.6 is 0 Å². The molecule has 6 heteroatoms. The quantitative estimate of drug-likeness (QED) is 0.919. The van der Waals surface area contributed by atoms with Crippen molar-refractivity contribution < 1.29 is 9.21 Å². The number of amides is 1. The number of carbonyl (C=O) groups excluding carboxylic acids is 1. The van der Waals surface area contributed by atoms with Gasteiger partial charge in [-0.05, 0) is 32.6 Å². The molecule has 0 aromatic carbocycles. The van der Waals surface area contributed by atoms with Crippen LogP contribution in [-0.4, -0.2) is 33.4 Å². The number of fused-ring (bicyclic) bond motifs is 1. The van der Waals surface area contributed by atoms with E-state index in [1.165, 1.54) is 6.33 Å². The van der Waals surface area contributed by atoms with Crippen molar-refractivity contribution in [3.63, 3.8) is 0 Å². The Morgan fingerprint density at radius 3 is 3.10 bits per heavy atom.